The molecule has 1 aliphatic rings. The highest BCUT2D eigenvalue weighted by atomic mass is 32.2. The van der Waals surface area contributed by atoms with Gasteiger partial charge in [-0.05, 0) is 13.3 Å². The van der Waals surface area contributed by atoms with E-state index in [4.69, 9.17) is 10.5 Å². The Morgan fingerprint density at radius 2 is 1.91 bits per heavy atom. The van der Waals surface area contributed by atoms with Crippen LogP contribution in [0.3, 0.4) is 0 Å². The smallest absolute Gasteiger partial charge is 0.250 e. The number of hydrogen-bond acceptors (Lipinski definition) is 5. The van der Waals surface area contributed by atoms with Crippen molar-refractivity contribution < 1.29 is 9.59 Å². The number of carbonyl (C=O) groups is 2. The summed E-state index contributed by atoms with van der Waals surface area (Å²) in [7, 11) is 0. The highest BCUT2D eigenvalue weighted by molar-refractivity contribution is 7.99. The zero-order chi connectivity index (χ0) is 17.2. The molecule has 0 spiro atoms. The summed E-state index contributed by atoms with van der Waals surface area (Å²) in [6.07, 6.45) is 3.07. The van der Waals surface area contributed by atoms with Crippen LogP contribution in [0.2, 0.25) is 0 Å². The van der Waals surface area contributed by atoms with Gasteiger partial charge in [0.15, 0.2) is 0 Å². The molecule has 0 aromatic heterocycles. The summed E-state index contributed by atoms with van der Waals surface area (Å²) in [5, 5.41) is 17.5. The van der Waals surface area contributed by atoms with Crippen LogP contribution in [-0.2, 0) is 9.59 Å². The molecule has 2 amide bonds. The standard InChI is InChI=1S/C16H22N4O2S/c1-3-6-13(2)15(21)20-12-23-11-14(20)16(22)19(9-4-7-17)10-5-8-18/h6,14H,3-5,9-12H2,1-2H3/b13-6-/t14-/m0/s1. The normalized spacial score (nSPS) is 17.5. The second-order valence-corrected chi connectivity index (χ2v) is 6.23. The van der Waals surface area contributed by atoms with Gasteiger partial charge >= 0.3 is 0 Å². The first-order valence-corrected chi connectivity index (χ1v) is 8.80. The quantitative estimate of drug-likeness (QED) is 0.664. The number of amides is 2. The Morgan fingerprint density at radius 3 is 2.43 bits per heavy atom. The summed E-state index contributed by atoms with van der Waals surface area (Å²) >= 11 is 1.55. The van der Waals surface area contributed by atoms with Crippen molar-refractivity contribution in [3.63, 3.8) is 0 Å². The number of thioether (sulfide) groups is 1. The molecular formula is C16H22N4O2S. The van der Waals surface area contributed by atoms with E-state index in [1.807, 2.05) is 25.1 Å². The van der Waals surface area contributed by atoms with Crippen LogP contribution >= 0.6 is 11.8 Å². The highest BCUT2D eigenvalue weighted by Gasteiger charge is 2.37. The van der Waals surface area contributed by atoms with Gasteiger partial charge in [0.05, 0.1) is 30.9 Å². The molecule has 124 valence electrons. The summed E-state index contributed by atoms with van der Waals surface area (Å²) in [6, 6.07) is 3.53. The number of nitrogens with zero attached hydrogens (tertiary/aromatic N) is 4. The maximum Gasteiger partial charge on any atom is 0.250 e. The van der Waals surface area contributed by atoms with Crippen LogP contribution in [0.5, 0.6) is 0 Å². The number of rotatable bonds is 7. The average Bonchev–Trinajstić information content (AvgIpc) is 3.03. The lowest BCUT2D eigenvalue weighted by Gasteiger charge is -2.29. The van der Waals surface area contributed by atoms with E-state index >= 15 is 0 Å². The van der Waals surface area contributed by atoms with Gasteiger partial charge in [-0.15, -0.1) is 11.8 Å². The second kappa shape index (κ2) is 9.91. The van der Waals surface area contributed by atoms with E-state index in [1.54, 1.807) is 23.6 Å². The molecule has 7 heteroatoms. The molecule has 0 saturated carbocycles. The maximum atomic E-state index is 12.7. The lowest BCUT2D eigenvalue weighted by atomic mass is 10.1. The van der Waals surface area contributed by atoms with Crippen molar-refractivity contribution >= 4 is 23.6 Å². The molecule has 23 heavy (non-hydrogen) atoms. The zero-order valence-corrected chi connectivity index (χ0v) is 14.4. The van der Waals surface area contributed by atoms with Gasteiger partial charge in [0.1, 0.15) is 6.04 Å². The molecule has 0 aromatic carbocycles. The van der Waals surface area contributed by atoms with E-state index in [2.05, 4.69) is 0 Å². The topological polar surface area (TPSA) is 88.2 Å². The van der Waals surface area contributed by atoms with Crippen molar-refractivity contribution in [2.45, 2.75) is 39.2 Å². The second-order valence-electron chi connectivity index (χ2n) is 5.23. The summed E-state index contributed by atoms with van der Waals surface area (Å²) in [6.45, 7) is 4.32. The van der Waals surface area contributed by atoms with Gasteiger partial charge in [0.2, 0.25) is 5.91 Å². The van der Waals surface area contributed by atoms with Gasteiger partial charge in [0, 0.05) is 24.4 Å². The first-order chi connectivity index (χ1) is 11.1. The number of hydrogen-bond donors (Lipinski definition) is 0. The Bertz CT molecular complexity index is 529. The summed E-state index contributed by atoms with van der Waals surface area (Å²) in [5.74, 6) is 0.766. The maximum absolute atomic E-state index is 12.7. The molecule has 1 aliphatic heterocycles. The molecule has 1 atom stereocenters. The molecule has 1 heterocycles. The van der Waals surface area contributed by atoms with Gasteiger partial charge in [-0.3, -0.25) is 9.59 Å². The monoisotopic (exact) mass is 334 g/mol. The number of carbonyl (C=O) groups excluding carboxylic acids is 2. The van der Waals surface area contributed by atoms with Crippen molar-refractivity contribution in [3.05, 3.63) is 11.6 Å². The molecular weight excluding hydrogens is 312 g/mol. The Morgan fingerprint density at radius 1 is 1.30 bits per heavy atom. The minimum absolute atomic E-state index is 0.115. The van der Waals surface area contributed by atoms with Crippen molar-refractivity contribution in [1.82, 2.24) is 9.80 Å². The Hall–Kier alpha value is -1.99. The fourth-order valence-electron chi connectivity index (χ4n) is 2.38. The lowest BCUT2D eigenvalue weighted by Crippen LogP contribution is -2.49. The summed E-state index contributed by atoms with van der Waals surface area (Å²) in [5.41, 5.74) is 0.647. The molecule has 6 nitrogen and oxygen atoms in total. The van der Waals surface area contributed by atoms with Gasteiger partial charge in [-0.1, -0.05) is 13.0 Å². The van der Waals surface area contributed by atoms with E-state index in [-0.39, 0.29) is 24.7 Å². The third-order valence-corrected chi connectivity index (χ3v) is 4.59. The molecule has 1 saturated heterocycles. The fraction of sp³-hybridized carbons (Fsp3) is 0.625. The van der Waals surface area contributed by atoms with E-state index < -0.39 is 6.04 Å². The van der Waals surface area contributed by atoms with E-state index in [9.17, 15) is 9.59 Å². The van der Waals surface area contributed by atoms with Gasteiger partial charge in [-0.2, -0.15) is 10.5 Å². The molecule has 0 N–H and O–H groups in total. The first-order valence-electron chi connectivity index (χ1n) is 7.64. The van der Waals surface area contributed by atoms with Crippen molar-refractivity contribution in [1.29, 1.82) is 10.5 Å². The van der Waals surface area contributed by atoms with Crippen molar-refractivity contribution in [3.8, 4) is 12.1 Å². The fourth-order valence-corrected chi connectivity index (χ4v) is 3.53. The Balaban J connectivity index is 2.85. The molecule has 0 unspecified atom stereocenters. The van der Waals surface area contributed by atoms with Crippen LogP contribution in [0.15, 0.2) is 11.6 Å². The summed E-state index contributed by atoms with van der Waals surface area (Å²) in [4.78, 5) is 28.3. The summed E-state index contributed by atoms with van der Waals surface area (Å²) < 4.78 is 0. The minimum Gasteiger partial charge on any atom is -0.339 e. The van der Waals surface area contributed by atoms with E-state index in [0.717, 1.165) is 6.42 Å². The van der Waals surface area contributed by atoms with Crippen LogP contribution in [0, 0.1) is 22.7 Å². The molecule has 1 fully saturated rings. The molecule has 0 radical (unpaired) electrons. The van der Waals surface area contributed by atoms with Gasteiger partial charge in [-0.25, -0.2) is 0 Å². The Labute approximate surface area is 141 Å². The predicted molar refractivity (Wildman–Crippen MR) is 89.0 cm³/mol. The number of nitriles is 2. The van der Waals surface area contributed by atoms with Crippen LogP contribution in [-0.4, -0.2) is 52.4 Å². The predicted octanol–water partition coefficient (Wildman–Crippen LogP) is 1.90. The zero-order valence-electron chi connectivity index (χ0n) is 13.6. The number of allylic oxidation sites excluding steroid dienone is 1. The average molecular weight is 334 g/mol. The SMILES string of the molecule is CC/C=C(/C)C(=O)N1CSC[C@H]1C(=O)N(CCC#N)CCC#N. The molecule has 0 aromatic rings. The van der Waals surface area contributed by atoms with E-state index in [1.165, 1.54) is 4.90 Å². The van der Waals surface area contributed by atoms with E-state index in [0.29, 0.717) is 30.3 Å². The molecule has 0 bridgehead atoms. The van der Waals surface area contributed by atoms with Crippen molar-refractivity contribution in [2.75, 3.05) is 24.7 Å². The third kappa shape index (κ3) is 5.30. The third-order valence-electron chi connectivity index (χ3n) is 3.57. The minimum atomic E-state index is -0.509. The van der Waals surface area contributed by atoms with Crippen LogP contribution < -0.4 is 0 Å². The van der Waals surface area contributed by atoms with Crippen molar-refractivity contribution in [2.24, 2.45) is 0 Å². The lowest BCUT2D eigenvalue weighted by molar-refractivity contribution is -0.141. The van der Waals surface area contributed by atoms with Gasteiger partial charge in [0.25, 0.3) is 5.91 Å². The Kier molecular flexibility index (Phi) is 8.21. The largest absolute Gasteiger partial charge is 0.339 e. The van der Waals surface area contributed by atoms with Crippen LogP contribution in [0.4, 0.5) is 0 Å². The van der Waals surface area contributed by atoms with Gasteiger partial charge < -0.3 is 9.80 Å². The molecule has 1 rings (SSSR count). The first kappa shape index (κ1) is 19.1. The molecule has 0 aliphatic carbocycles. The van der Waals surface area contributed by atoms with Crippen LogP contribution in [0.1, 0.15) is 33.1 Å². The highest BCUT2D eigenvalue weighted by Crippen LogP contribution is 2.24. The van der Waals surface area contributed by atoms with Crippen LogP contribution in [0.25, 0.3) is 0 Å².